The molecular formula is C14H17ClN2S. The highest BCUT2D eigenvalue weighted by Crippen LogP contribution is 2.43. The van der Waals surface area contributed by atoms with Gasteiger partial charge in [0.2, 0.25) is 0 Å². The number of anilines is 1. The highest BCUT2D eigenvalue weighted by atomic mass is 35.5. The van der Waals surface area contributed by atoms with E-state index in [0.29, 0.717) is 5.02 Å². The number of hydrogen-bond acceptors (Lipinski definition) is 3. The minimum absolute atomic E-state index is 0.117. The zero-order chi connectivity index (χ0) is 13.2. The number of benzene rings is 1. The zero-order valence-corrected chi connectivity index (χ0v) is 12.2. The molecule has 0 bridgehead atoms. The summed E-state index contributed by atoms with van der Waals surface area (Å²) >= 11 is 7.74. The molecule has 0 saturated carbocycles. The van der Waals surface area contributed by atoms with Crippen molar-refractivity contribution in [2.24, 2.45) is 4.99 Å². The van der Waals surface area contributed by atoms with Gasteiger partial charge in [-0.25, -0.2) is 0 Å². The van der Waals surface area contributed by atoms with Crippen LogP contribution in [0.5, 0.6) is 0 Å². The van der Waals surface area contributed by atoms with Crippen LogP contribution in [0.1, 0.15) is 26.7 Å². The molecule has 0 aromatic heterocycles. The maximum Gasteiger partial charge on any atom is 0.166 e. The summed E-state index contributed by atoms with van der Waals surface area (Å²) in [5, 5.41) is 4.87. The van der Waals surface area contributed by atoms with Gasteiger partial charge in [0.15, 0.2) is 5.17 Å². The average Bonchev–Trinajstić information content (AvgIpc) is 2.69. The van der Waals surface area contributed by atoms with Crippen molar-refractivity contribution in [2.75, 3.05) is 5.32 Å². The molecule has 0 amide bonds. The lowest BCUT2D eigenvalue weighted by Crippen LogP contribution is -2.22. The second-order valence-corrected chi connectivity index (χ2v) is 5.78. The molecule has 2 nitrogen and oxygen atoms in total. The highest BCUT2D eigenvalue weighted by Gasteiger charge is 2.36. The molecule has 0 saturated heterocycles. The van der Waals surface area contributed by atoms with Gasteiger partial charge < -0.3 is 5.32 Å². The molecule has 0 spiro atoms. The van der Waals surface area contributed by atoms with E-state index in [2.05, 4.69) is 25.7 Å². The predicted molar refractivity (Wildman–Crippen MR) is 82.6 cm³/mol. The molecule has 18 heavy (non-hydrogen) atoms. The standard InChI is InChI=1S/C14H17ClN2S/c1-4-14(5-2)10(3)18-13(17-14)16-12-9-7-6-8-11(12)15/h6-9H,3-5H2,1-2H3,(H,16,17). The number of halogens is 1. The largest absolute Gasteiger partial charge is 0.333 e. The van der Waals surface area contributed by atoms with Crippen LogP contribution in [-0.4, -0.2) is 10.7 Å². The van der Waals surface area contributed by atoms with E-state index < -0.39 is 0 Å². The molecule has 1 N–H and O–H groups in total. The molecule has 0 aliphatic carbocycles. The first-order valence-electron chi connectivity index (χ1n) is 6.10. The Bertz CT molecular complexity index is 492. The van der Waals surface area contributed by atoms with Crippen molar-refractivity contribution >= 4 is 34.2 Å². The number of para-hydroxylation sites is 1. The van der Waals surface area contributed by atoms with Crippen molar-refractivity contribution in [3.63, 3.8) is 0 Å². The van der Waals surface area contributed by atoms with Crippen LogP contribution in [0.4, 0.5) is 5.69 Å². The van der Waals surface area contributed by atoms with E-state index in [1.54, 1.807) is 11.8 Å². The van der Waals surface area contributed by atoms with Crippen LogP contribution in [0.25, 0.3) is 0 Å². The predicted octanol–water partition coefficient (Wildman–Crippen LogP) is 4.93. The quantitative estimate of drug-likeness (QED) is 0.849. The number of amidine groups is 1. The smallest absolute Gasteiger partial charge is 0.166 e. The molecule has 96 valence electrons. The topological polar surface area (TPSA) is 24.4 Å². The summed E-state index contributed by atoms with van der Waals surface area (Å²) in [5.41, 5.74) is 0.773. The molecule has 1 aliphatic heterocycles. The summed E-state index contributed by atoms with van der Waals surface area (Å²) in [6.45, 7) is 8.44. The molecule has 4 heteroatoms. The molecular weight excluding hydrogens is 264 g/mol. The first-order valence-corrected chi connectivity index (χ1v) is 7.29. The molecule has 0 fully saturated rings. The van der Waals surface area contributed by atoms with E-state index in [4.69, 9.17) is 16.6 Å². The van der Waals surface area contributed by atoms with Crippen LogP contribution in [-0.2, 0) is 0 Å². The van der Waals surface area contributed by atoms with Crippen molar-refractivity contribution in [2.45, 2.75) is 32.2 Å². The monoisotopic (exact) mass is 280 g/mol. The van der Waals surface area contributed by atoms with Crippen LogP contribution in [0.3, 0.4) is 0 Å². The van der Waals surface area contributed by atoms with Gasteiger partial charge in [0.25, 0.3) is 0 Å². The third-order valence-electron chi connectivity index (χ3n) is 3.34. The maximum atomic E-state index is 6.13. The van der Waals surface area contributed by atoms with Gasteiger partial charge in [-0.1, -0.05) is 55.9 Å². The van der Waals surface area contributed by atoms with Gasteiger partial charge in [0, 0.05) is 4.91 Å². The molecule has 2 rings (SSSR count). The SMILES string of the molecule is C=C1SC(Nc2ccccc2Cl)=NC1(CC)CC. The third kappa shape index (κ3) is 2.43. The Labute approximate surface area is 118 Å². The van der Waals surface area contributed by atoms with Crippen LogP contribution in [0.2, 0.25) is 5.02 Å². The number of hydrogen-bond donors (Lipinski definition) is 1. The Morgan fingerprint density at radius 2 is 2.00 bits per heavy atom. The van der Waals surface area contributed by atoms with Gasteiger partial charge in [-0.2, -0.15) is 0 Å². The van der Waals surface area contributed by atoms with Crippen molar-refractivity contribution in [1.29, 1.82) is 0 Å². The van der Waals surface area contributed by atoms with E-state index >= 15 is 0 Å². The van der Waals surface area contributed by atoms with E-state index in [0.717, 1.165) is 28.6 Å². The third-order valence-corrected chi connectivity index (χ3v) is 4.68. The summed E-state index contributed by atoms with van der Waals surface area (Å²) in [5.74, 6) is 0. The van der Waals surface area contributed by atoms with Gasteiger partial charge in [0.05, 0.1) is 16.2 Å². The van der Waals surface area contributed by atoms with Crippen molar-refractivity contribution < 1.29 is 0 Å². The number of nitrogens with one attached hydrogen (secondary N) is 1. The fourth-order valence-corrected chi connectivity index (χ4v) is 3.35. The molecule has 1 aromatic rings. The second kappa shape index (κ2) is 5.37. The van der Waals surface area contributed by atoms with E-state index in [9.17, 15) is 0 Å². The first-order chi connectivity index (χ1) is 8.61. The summed E-state index contributed by atoms with van der Waals surface area (Å²) in [4.78, 5) is 5.90. The average molecular weight is 281 g/mol. The Hall–Kier alpha value is -0.930. The summed E-state index contributed by atoms with van der Waals surface area (Å²) < 4.78 is 0. The van der Waals surface area contributed by atoms with Crippen LogP contribution in [0.15, 0.2) is 40.7 Å². The minimum Gasteiger partial charge on any atom is -0.333 e. The number of rotatable bonds is 3. The summed E-state index contributed by atoms with van der Waals surface area (Å²) in [7, 11) is 0. The van der Waals surface area contributed by atoms with Gasteiger partial charge in [-0.3, -0.25) is 4.99 Å². The second-order valence-electron chi connectivity index (χ2n) is 4.29. The highest BCUT2D eigenvalue weighted by molar-refractivity contribution is 8.17. The fourth-order valence-electron chi connectivity index (χ4n) is 2.02. The van der Waals surface area contributed by atoms with Crippen LogP contribution in [0, 0.1) is 0 Å². The molecule has 1 heterocycles. The Kier molecular flexibility index (Phi) is 4.03. The lowest BCUT2D eigenvalue weighted by Gasteiger charge is -2.22. The normalized spacial score (nSPS) is 17.7. The Morgan fingerprint density at radius 1 is 1.33 bits per heavy atom. The number of aliphatic imine (C=N–C) groups is 1. The van der Waals surface area contributed by atoms with Crippen LogP contribution < -0.4 is 5.32 Å². The summed E-state index contributed by atoms with van der Waals surface area (Å²) in [6, 6.07) is 7.69. The minimum atomic E-state index is -0.117. The lowest BCUT2D eigenvalue weighted by molar-refractivity contribution is 0.496. The molecule has 1 aromatic carbocycles. The molecule has 0 atom stereocenters. The van der Waals surface area contributed by atoms with E-state index in [1.807, 2.05) is 24.3 Å². The first kappa shape index (κ1) is 13.5. The van der Waals surface area contributed by atoms with Gasteiger partial charge in [-0.05, 0) is 25.0 Å². The van der Waals surface area contributed by atoms with Crippen molar-refractivity contribution in [3.05, 3.63) is 40.8 Å². The van der Waals surface area contributed by atoms with Gasteiger partial charge in [0.1, 0.15) is 0 Å². The molecule has 0 unspecified atom stereocenters. The maximum absolute atomic E-state index is 6.13. The Morgan fingerprint density at radius 3 is 2.56 bits per heavy atom. The van der Waals surface area contributed by atoms with Crippen molar-refractivity contribution in [3.8, 4) is 0 Å². The molecule has 0 radical (unpaired) electrons. The molecule has 1 aliphatic rings. The fraction of sp³-hybridized carbons (Fsp3) is 0.357. The van der Waals surface area contributed by atoms with Crippen LogP contribution >= 0.6 is 23.4 Å². The van der Waals surface area contributed by atoms with Crippen molar-refractivity contribution in [1.82, 2.24) is 0 Å². The lowest BCUT2D eigenvalue weighted by atomic mass is 9.94. The Balaban J connectivity index is 2.22. The van der Waals surface area contributed by atoms with E-state index in [-0.39, 0.29) is 5.54 Å². The van der Waals surface area contributed by atoms with E-state index in [1.165, 1.54) is 0 Å². The summed E-state index contributed by atoms with van der Waals surface area (Å²) in [6.07, 6.45) is 1.95. The van der Waals surface area contributed by atoms with Gasteiger partial charge in [-0.15, -0.1) is 0 Å². The van der Waals surface area contributed by atoms with Gasteiger partial charge >= 0.3 is 0 Å². The zero-order valence-electron chi connectivity index (χ0n) is 10.7. The number of thioether (sulfide) groups is 1. The number of nitrogens with zero attached hydrogens (tertiary/aromatic N) is 1.